The maximum Gasteiger partial charge on any atom is 0.419 e. The van der Waals surface area contributed by atoms with Gasteiger partial charge in [0, 0.05) is 18.3 Å². The smallest absolute Gasteiger partial charge is 0.390 e. The highest BCUT2D eigenvalue weighted by atomic mass is 19.4. The van der Waals surface area contributed by atoms with E-state index in [1.54, 1.807) is 0 Å². The fraction of sp³-hybridized carbons (Fsp3) is 0.727. The summed E-state index contributed by atoms with van der Waals surface area (Å²) < 4.78 is 38.0. The number of hydrogen-bond acceptors (Lipinski definition) is 3. The van der Waals surface area contributed by atoms with E-state index in [1.165, 1.54) is 0 Å². The van der Waals surface area contributed by atoms with Gasteiger partial charge in [-0.1, -0.05) is 0 Å². The van der Waals surface area contributed by atoms with Crippen LogP contribution in [-0.2, 0) is 12.7 Å². The Morgan fingerprint density at radius 1 is 1.39 bits per heavy atom. The second kappa shape index (κ2) is 5.27. The van der Waals surface area contributed by atoms with Crippen molar-refractivity contribution in [1.29, 1.82) is 0 Å². The molecule has 1 aromatic rings. The highest BCUT2D eigenvalue weighted by molar-refractivity contribution is 5.08. The SMILES string of the molecule is CC(C)(C)NCC(O)Cn1cc(C(F)(F)F)cn1. The maximum atomic E-state index is 12.3. The first-order valence-electron chi connectivity index (χ1n) is 5.61. The molecule has 1 unspecified atom stereocenters. The van der Waals surface area contributed by atoms with Crippen LogP contribution in [0.4, 0.5) is 13.2 Å². The summed E-state index contributed by atoms with van der Waals surface area (Å²) in [6, 6.07) is 0. The zero-order chi connectivity index (χ0) is 14.0. The van der Waals surface area contributed by atoms with Crippen molar-refractivity contribution in [2.75, 3.05) is 6.54 Å². The molecule has 0 aliphatic heterocycles. The van der Waals surface area contributed by atoms with Crippen molar-refractivity contribution >= 4 is 0 Å². The first kappa shape index (κ1) is 15.0. The van der Waals surface area contributed by atoms with Crippen molar-refractivity contribution < 1.29 is 18.3 Å². The minimum absolute atomic E-state index is 0.0269. The number of aromatic nitrogens is 2. The molecule has 0 amide bonds. The molecule has 18 heavy (non-hydrogen) atoms. The summed E-state index contributed by atoms with van der Waals surface area (Å²) in [7, 11) is 0. The largest absolute Gasteiger partial charge is 0.419 e. The molecule has 1 atom stereocenters. The average Bonchev–Trinajstić information content (AvgIpc) is 2.61. The molecule has 104 valence electrons. The number of β-amino-alcohol motifs (C(OH)–C–C–N with tert-alkyl or cyclic N) is 1. The van der Waals surface area contributed by atoms with E-state index in [-0.39, 0.29) is 12.1 Å². The lowest BCUT2D eigenvalue weighted by molar-refractivity contribution is -0.137. The molecule has 0 saturated carbocycles. The Balaban J connectivity index is 2.50. The van der Waals surface area contributed by atoms with E-state index in [1.807, 2.05) is 20.8 Å². The molecule has 7 heteroatoms. The minimum Gasteiger partial charge on any atom is -0.390 e. The van der Waals surface area contributed by atoms with E-state index >= 15 is 0 Å². The molecule has 1 heterocycles. The number of hydrogen-bond donors (Lipinski definition) is 2. The van der Waals surface area contributed by atoms with Crippen LogP contribution < -0.4 is 5.32 Å². The zero-order valence-corrected chi connectivity index (χ0v) is 10.6. The monoisotopic (exact) mass is 265 g/mol. The number of nitrogens with one attached hydrogen (secondary N) is 1. The van der Waals surface area contributed by atoms with Crippen molar-refractivity contribution in [3.05, 3.63) is 18.0 Å². The third-order valence-corrected chi connectivity index (χ3v) is 2.23. The molecule has 0 aliphatic rings. The molecular weight excluding hydrogens is 247 g/mol. The molecule has 1 rings (SSSR count). The number of halogens is 3. The van der Waals surface area contributed by atoms with Crippen LogP contribution in [0.25, 0.3) is 0 Å². The van der Waals surface area contributed by atoms with Gasteiger partial charge in [-0.3, -0.25) is 4.68 Å². The average molecular weight is 265 g/mol. The Kier molecular flexibility index (Phi) is 4.39. The van der Waals surface area contributed by atoms with Gasteiger partial charge in [0.05, 0.1) is 24.4 Å². The summed E-state index contributed by atoms with van der Waals surface area (Å²) in [5, 5.41) is 16.3. The van der Waals surface area contributed by atoms with Crippen LogP contribution in [0.3, 0.4) is 0 Å². The van der Waals surface area contributed by atoms with Gasteiger partial charge in [-0.25, -0.2) is 0 Å². The number of nitrogens with zero attached hydrogens (tertiary/aromatic N) is 2. The zero-order valence-electron chi connectivity index (χ0n) is 10.6. The van der Waals surface area contributed by atoms with Crippen LogP contribution in [0.15, 0.2) is 12.4 Å². The van der Waals surface area contributed by atoms with Crippen LogP contribution in [-0.4, -0.2) is 33.1 Å². The first-order chi connectivity index (χ1) is 8.08. The third-order valence-electron chi connectivity index (χ3n) is 2.23. The predicted molar refractivity (Wildman–Crippen MR) is 61.0 cm³/mol. The Bertz CT molecular complexity index is 382. The molecular formula is C11H18F3N3O. The van der Waals surface area contributed by atoms with Gasteiger partial charge >= 0.3 is 6.18 Å². The van der Waals surface area contributed by atoms with E-state index in [2.05, 4.69) is 10.4 Å². The highest BCUT2D eigenvalue weighted by Gasteiger charge is 2.32. The molecule has 0 radical (unpaired) electrons. The quantitative estimate of drug-likeness (QED) is 0.870. The topological polar surface area (TPSA) is 50.1 Å². The van der Waals surface area contributed by atoms with E-state index in [9.17, 15) is 18.3 Å². The van der Waals surface area contributed by atoms with Gasteiger partial charge in [0.25, 0.3) is 0 Å². The molecule has 0 aromatic carbocycles. The van der Waals surface area contributed by atoms with Gasteiger partial charge in [-0.05, 0) is 20.8 Å². The van der Waals surface area contributed by atoms with E-state index < -0.39 is 17.8 Å². The Hall–Kier alpha value is -1.08. The third kappa shape index (κ3) is 5.05. The van der Waals surface area contributed by atoms with E-state index in [0.717, 1.165) is 17.1 Å². The Labute approximate surface area is 104 Å². The predicted octanol–water partition coefficient (Wildman–Crippen LogP) is 1.65. The second-order valence-electron chi connectivity index (χ2n) is 5.23. The molecule has 4 nitrogen and oxygen atoms in total. The van der Waals surface area contributed by atoms with Crippen LogP contribution >= 0.6 is 0 Å². The van der Waals surface area contributed by atoms with Crippen LogP contribution in [0.2, 0.25) is 0 Å². The molecule has 0 saturated heterocycles. The van der Waals surface area contributed by atoms with E-state index in [4.69, 9.17) is 0 Å². The number of alkyl halides is 3. The lowest BCUT2D eigenvalue weighted by Gasteiger charge is -2.22. The summed E-state index contributed by atoms with van der Waals surface area (Å²) >= 11 is 0. The van der Waals surface area contributed by atoms with Gasteiger partial charge in [0.15, 0.2) is 0 Å². The normalized spacial score (nSPS) is 14.8. The summed E-state index contributed by atoms with van der Waals surface area (Å²) in [4.78, 5) is 0. The Morgan fingerprint density at radius 2 is 2.00 bits per heavy atom. The fourth-order valence-corrected chi connectivity index (χ4v) is 1.31. The van der Waals surface area contributed by atoms with Crippen molar-refractivity contribution in [2.24, 2.45) is 0 Å². The maximum absolute atomic E-state index is 12.3. The first-order valence-corrected chi connectivity index (χ1v) is 5.61. The highest BCUT2D eigenvalue weighted by Crippen LogP contribution is 2.28. The van der Waals surface area contributed by atoms with Crippen LogP contribution in [0, 0.1) is 0 Å². The van der Waals surface area contributed by atoms with Crippen molar-refractivity contribution in [2.45, 2.75) is 45.1 Å². The van der Waals surface area contributed by atoms with Crippen molar-refractivity contribution in [3.8, 4) is 0 Å². The van der Waals surface area contributed by atoms with Crippen molar-refractivity contribution in [3.63, 3.8) is 0 Å². The summed E-state index contributed by atoms with van der Waals surface area (Å²) in [5.41, 5.74) is -0.958. The van der Waals surface area contributed by atoms with Gasteiger partial charge in [0.1, 0.15) is 0 Å². The lowest BCUT2D eigenvalue weighted by atomic mass is 10.1. The lowest BCUT2D eigenvalue weighted by Crippen LogP contribution is -2.42. The van der Waals surface area contributed by atoms with Crippen LogP contribution in [0.5, 0.6) is 0 Å². The fourth-order valence-electron chi connectivity index (χ4n) is 1.31. The standard InChI is InChI=1S/C11H18F3N3O/c1-10(2,3)15-5-9(18)7-17-6-8(4-16-17)11(12,13)14/h4,6,9,15,18H,5,7H2,1-3H3. The summed E-state index contributed by atoms with van der Waals surface area (Å²) in [6.07, 6.45) is -3.54. The van der Waals surface area contributed by atoms with Gasteiger partial charge in [0.2, 0.25) is 0 Å². The van der Waals surface area contributed by atoms with Gasteiger partial charge < -0.3 is 10.4 Å². The molecule has 2 N–H and O–H groups in total. The van der Waals surface area contributed by atoms with Crippen LogP contribution in [0.1, 0.15) is 26.3 Å². The number of rotatable bonds is 4. The van der Waals surface area contributed by atoms with E-state index in [0.29, 0.717) is 6.54 Å². The summed E-state index contributed by atoms with van der Waals surface area (Å²) in [6.45, 7) is 6.14. The molecule has 0 spiro atoms. The summed E-state index contributed by atoms with van der Waals surface area (Å²) in [5.74, 6) is 0. The van der Waals surface area contributed by atoms with Gasteiger partial charge in [-0.2, -0.15) is 18.3 Å². The molecule has 0 aliphatic carbocycles. The Morgan fingerprint density at radius 3 is 2.44 bits per heavy atom. The van der Waals surface area contributed by atoms with Crippen molar-refractivity contribution in [1.82, 2.24) is 15.1 Å². The molecule has 0 fully saturated rings. The number of aliphatic hydroxyl groups excluding tert-OH is 1. The minimum atomic E-state index is -4.40. The molecule has 0 bridgehead atoms. The second-order valence-corrected chi connectivity index (χ2v) is 5.23. The van der Waals surface area contributed by atoms with Gasteiger partial charge in [-0.15, -0.1) is 0 Å². The molecule has 1 aromatic heterocycles. The number of aliphatic hydroxyl groups is 1.